The first-order chi connectivity index (χ1) is 8.27. The number of unbranched alkanes of at least 4 members (excludes halogenated alkanes) is 3. The number of hydrogen-bond donors (Lipinski definition) is 1. The van der Waals surface area contributed by atoms with Crippen molar-refractivity contribution in [2.24, 2.45) is 0 Å². The summed E-state index contributed by atoms with van der Waals surface area (Å²) < 4.78 is 5.39. The van der Waals surface area contributed by atoms with Crippen LogP contribution in [0.5, 0.6) is 5.75 Å². The summed E-state index contributed by atoms with van der Waals surface area (Å²) in [7, 11) is 0. The Balaban J connectivity index is 2.36. The third-order valence-corrected chi connectivity index (χ3v) is 2.89. The molecule has 0 atom stereocenters. The van der Waals surface area contributed by atoms with Gasteiger partial charge in [0.05, 0.1) is 11.6 Å². The lowest BCUT2D eigenvalue weighted by Gasteiger charge is -2.09. The van der Waals surface area contributed by atoms with Gasteiger partial charge >= 0.3 is 0 Å². The Kier molecular flexibility index (Phi) is 6.87. The average molecular weight is 256 g/mol. The minimum atomic E-state index is 0.642. The summed E-state index contributed by atoms with van der Waals surface area (Å²) in [6.45, 7) is 5.82. The maximum Gasteiger partial charge on any atom is 0.138 e. The molecule has 0 aromatic heterocycles. The number of hydrogen-bond acceptors (Lipinski definition) is 2. The lowest BCUT2D eigenvalue weighted by Crippen LogP contribution is -2.01. The van der Waals surface area contributed by atoms with Crippen molar-refractivity contribution in [2.75, 3.05) is 18.5 Å². The van der Waals surface area contributed by atoms with Crippen molar-refractivity contribution in [3.8, 4) is 5.75 Å². The van der Waals surface area contributed by atoms with Crippen molar-refractivity contribution in [3.05, 3.63) is 23.2 Å². The van der Waals surface area contributed by atoms with E-state index in [1.165, 1.54) is 25.7 Å². The minimum Gasteiger partial charge on any atom is -0.492 e. The highest BCUT2D eigenvalue weighted by atomic mass is 35.5. The van der Waals surface area contributed by atoms with Gasteiger partial charge in [0.25, 0.3) is 0 Å². The summed E-state index contributed by atoms with van der Waals surface area (Å²) in [6, 6.07) is 5.85. The molecule has 1 rings (SSSR count). The molecular formula is C14H22ClNO. The van der Waals surface area contributed by atoms with E-state index in [2.05, 4.69) is 12.2 Å². The molecule has 0 aliphatic carbocycles. The molecule has 0 spiro atoms. The molecule has 3 heteroatoms. The second kappa shape index (κ2) is 8.24. The Morgan fingerprint density at radius 3 is 2.65 bits per heavy atom. The molecule has 0 saturated carbocycles. The predicted octanol–water partition coefficient (Wildman–Crippen LogP) is 4.73. The van der Waals surface area contributed by atoms with E-state index in [-0.39, 0.29) is 0 Å². The zero-order chi connectivity index (χ0) is 12.5. The van der Waals surface area contributed by atoms with E-state index in [0.717, 1.165) is 18.0 Å². The number of nitrogens with one attached hydrogen (secondary N) is 1. The summed E-state index contributed by atoms with van der Waals surface area (Å²) in [5, 5.41) is 4.05. The molecule has 1 N–H and O–H groups in total. The van der Waals surface area contributed by atoms with Crippen LogP contribution in [0.4, 0.5) is 5.69 Å². The highest BCUT2D eigenvalue weighted by molar-refractivity contribution is 6.32. The number of rotatable bonds is 8. The molecule has 96 valence electrons. The van der Waals surface area contributed by atoms with Crippen LogP contribution in [0.15, 0.2) is 18.2 Å². The average Bonchev–Trinajstić information content (AvgIpc) is 2.32. The topological polar surface area (TPSA) is 21.3 Å². The third kappa shape index (κ3) is 5.31. The fraction of sp³-hybridized carbons (Fsp3) is 0.571. The Hall–Kier alpha value is -0.890. The van der Waals surface area contributed by atoms with Crippen LogP contribution in [0.3, 0.4) is 0 Å². The van der Waals surface area contributed by atoms with Crippen molar-refractivity contribution < 1.29 is 4.74 Å². The molecule has 0 amide bonds. The maximum absolute atomic E-state index is 6.11. The van der Waals surface area contributed by atoms with Crippen molar-refractivity contribution in [1.29, 1.82) is 0 Å². The summed E-state index contributed by atoms with van der Waals surface area (Å²) in [4.78, 5) is 0. The number of benzene rings is 1. The van der Waals surface area contributed by atoms with Crippen molar-refractivity contribution >= 4 is 17.3 Å². The molecule has 0 aliphatic heterocycles. The van der Waals surface area contributed by atoms with E-state index in [9.17, 15) is 0 Å². The molecule has 0 radical (unpaired) electrons. The SMILES string of the molecule is CCCCCCNc1ccc(OCC)c(Cl)c1. The minimum absolute atomic E-state index is 0.642. The summed E-state index contributed by atoms with van der Waals surface area (Å²) in [5.41, 5.74) is 1.06. The summed E-state index contributed by atoms with van der Waals surface area (Å²) >= 11 is 6.11. The van der Waals surface area contributed by atoms with Gasteiger partial charge in [-0.2, -0.15) is 0 Å². The number of halogens is 1. The first-order valence-corrected chi connectivity index (χ1v) is 6.82. The molecule has 0 unspecified atom stereocenters. The number of anilines is 1. The van der Waals surface area contributed by atoms with Crippen LogP contribution >= 0.6 is 11.6 Å². The Morgan fingerprint density at radius 1 is 1.18 bits per heavy atom. The zero-order valence-electron chi connectivity index (χ0n) is 10.8. The lowest BCUT2D eigenvalue weighted by molar-refractivity contribution is 0.340. The van der Waals surface area contributed by atoms with Crippen LogP contribution in [0.25, 0.3) is 0 Å². The maximum atomic E-state index is 6.11. The fourth-order valence-corrected chi connectivity index (χ4v) is 1.90. The van der Waals surface area contributed by atoms with Crippen LogP contribution in [0, 0.1) is 0 Å². The van der Waals surface area contributed by atoms with Crippen molar-refractivity contribution in [2.45, 2.75) is 39.5 Å². The molecule has 0 heterocycles. The van der Waals surface area contributed by atoms with Crippen LogP contribution in [0.2, 0.25) is 5.02 Å². The molecule has 0 fully saturated rings. The van der Waals surface area contributed by atoms with Gasteiger partial charge in [0, 0.05) is 12.2 Å². The highest BCUT2D eigenvalue weighted by Gasteiger charge is 2.01. The first kappa shape index (κ1) is 14.2. The molecular weight excluding hydrogens is 234 g/mol. The normalized spacial score (nSPS) is 10.3. The van der Waals surface area contributed by atoms with Gasteiger partial charge in [0.2, 0.25) is 0 Å². The third-order valence-electron chi connectivity index (χ3n) is 2.59. The van der Waals surface area contributed by atoms with E-state index < -0.39 is 0 Å². The largest absolute Gasteiger partial charge is 0.492 e. The first-order valence-electron chi connectivity index (χ1n) is 6.44. The van der Waals surface area contributed by atoms with Crippen LogP contribution in [0.1, 0.15) is 39.5 Å². The van der Waals surface area contributed by atoms with Crippen molar-refractivity contribution in [1.82, 2.24) is 0 Å². The summed E-state index contributed by atoms with van der Waals surface area (Å²) in [6.07, 6.45) is 5.08. The highest BCUT2D eigenvalue weighted by Crippen LogP contribution is 2.27. The Morgan fingerprint density at radius 2 is 2.00 bits per heavy atom. The van der Waals surface area contributed by atoms with E-state index in [1.807, 2.05) is 25.1 Å². The van der Waals surface area contributed by atoms with Gasteiger partial charge in [-0.05, 0) is 31.5 Å². The van der Waals surface area contributed by atoms with Gasteiger partial charge in [-0.25, -0.2) is 0 Å². The van der Waals surface area contributed by atoms with Gasteiger partial charge in [0.15, 0.2) is 0 Å². The quantitative estimate of drug-likeness (QED) is 0.678. The molecule has 0 saturated heterocycles. The molecule has 17 heavy (non-hydrogen) atoms. The van der Waals surface area contributed by atoms with Crippen molar-refractivity contribution in [3.63, 3.8) is 0 Å². The van der Waals surface area contributed by atoms with E-state index >= 15 is 0 Å². The molecule has 0 aliphatic rings. The van der Waals surface area contributed by atoms with Gasteiger partial charge < -0.3 is 10.1 Å². The van der Waals surface area contributed by atoms with Gasteiger partial charge in [0.1, 0.15) is 5.75 Å². The van der Waals surface area contributed by atoms with Crippen LogP contribution in [-0.2, 0) is 0 Å². The predicted molar refractivity (Wildman–Crippen MR) is 75.3 cm³/mol. The molecule has 1 aromatic rings. The Bertz CT molecular complexity index is 328. The zero-order valence-corrected chi connectivity index (χ0v) is 11.5. The van der Waals surface area contributed by atoms with Gasteiger partial charge in [-0.15, -0.1) is 0 Å². The van der Waals surface area contributed by atoms with Crippen LogP contribution < -0.4 is 10.1 Å². The van der Waals surface area contributed by atoms with Crippen LogP contribution in [-0.4, -0.2) is 13.2 Å². The summed E-state index contributed by atoms with van der Waals surface area (Å²) in [5.74, 6) is 0.755. The second-order valence-electron chi connectivity index (χ2n) is 4.07. The van der Waals surface area contributed by atoms with Gasteiger partial charge in [-0.3, -0.25) is 0 Å². The Labute approximate surface area is 109 Å². The van der Waals surface area contributed by atoms with E-state index in [4.69, 9.17) is 16.3 Å². The second-order valence-corrected chi connectivity index (χ2v) is 4.47. The standard InChI is InChI=1S/C14H22ClNO/c1-3-5-6-7-10-16-12-8-9-14(17-4-2)13(15)11-12/h8-9,11,16H,3-7,10H2,1-2H3. The molecule has 1 aromatic carbocycles. The number of ether oxygens (including phenoxy) is 1. The lowest BCUT2D eigenvalue weighted by atomic mass is 10.2. The monoisotopic (exact) mass is 255 g/mol. The van der Waals surface area contributed by atoms with E-state index in [0.29, 0.717) is 11.6 Å². The van der Waals surface area contributed by atoms with Gasteiger partial charge in [-0.1, -0.05) is 37.8 Å². The molecule has 2 nitrogen and oxygen atoms in total. The van der Waals surface area contributed by atoms with E-state index in [1.54, 1.807) is 0 Å². The fourth-order valence-electron chi connectivity index (χ4n) is 1.67. The smallest absolute Gasteiger partial charge is 0.138 e. The molecule has 0 bridgehead atoms.